The number of carboxylic acids is 1. The summed E-state index contributed by atoms with van der Waals surface area (Å²) in [5, 5.41) is 16.2. The van der Waals surface area contributed by atoms with E-state index in [9.17, 15) is 19.5 Å². The molecule has 1 saturated heterocycles. The van der Waals surface area contributed by atoms with Crippen molar-refractivity contribution in [3.63, 3.8) is 0 Å². The maximum Gasteiger partial charge on any atom is 0.337 e. The van der Waals surface area contributed by atoms with Crippen molar-refractivity contribution in [3.05, 3.63) is 93.8 Å². The number of thiophene rings is 1. The highest BCUT2D eigenvalue weighted by atomic mass is 35.5. The fourth-order valence-corrected chi connectivity index (χ4v) is 6.01. The lowest BCUT2D eigenvalue weighted by Gasteiger charge is -2.32. The number of fused-ring (bicyclic) bond motifs is 1. The minimum Gasteiger partial charge on any atom is -0.478 e. The molecule has 3 amide bonds. The maximum absolute atomic E-state index is 13.0. The van der Waals surface area contributed by atoms with Gasteiger partial charge in [0, 0.05) is 28.9 Å². The van der Waals surface area contributed by atoms with Crippen molar-refractivity contribution in [1.82, 2.24) is 4.90 Å². The Labute approximate surface area is 222 Å². The molecular weight excluding hydrogens is 510 g/mol. The summed E-state index contributed by atoms with van der Waals surface area (Å²) in [5.41, 5.74) is 1.66. The van der Waals surface area contributed by atoms with Crippen LogP contribution in [0.1, 0.15) is 44.4 Å². The Morgan fingerprint density at radius 1 is 0.919 bits per heavy atom. The number of urea groups is 1. The third-order valence-corrected chi connectivity index (χ3v) is 8.22. The first-order chi connectivity index (χ1) is 17.9. The van der Waals surface area contributed by atoms with Crippen LogP contribution in [0.3, 0.4) is 0 Å². The molecule has 0 bridgehead atoms. The molecule has 1 aromatic heterocycles. The number of nitrogens with zero attached hydrogens (tertiary/aromatic N) is 1. The van der Waals surface area contributed by atoms with Crippen LogP contribution in [0.15, 0.2) is 72.8 Å². The van der Waals surface area contributed by atoms with Gasteiger partial charge in [-0.3, -0.25) is 4.79 Å². The Morgan fingerprint density at radius 3 is 2.32 bits per heavy atom. The highest BCUT2D eigenvalue weighted by molar-refractivity contribution is 7.21. The lowest BCUT2D eigenvalue weighted by Crippen LogP contribution is -2.40. The van der Waals surface area contributed by atoms with Gasteiger partial charge in [-0.2, -0.15) is 0 Å². The van der Waals surface area contributed by atoms with Crippen molar-refractivity contribution < 1.29 is 19.5 Å². The number of amides is 3. The molecule has 5 rings (SSSR count). The van der Waals surface area contributed by atoms with E-state index in [1.54, 1.807) is 4.90 Å². The number of benzene rings is 3. The molecule has 37 heavy (non-hydrogen) atoms. The van der Waals surface area contributed by atoms with Crippen molar-refractivity contribution >= 4 is 62.3 Å². The van der Waals surface area contributed by atoms with Gasteiger partial charge in [0.05, 0.1) is 16.3 Å². The predicted molar refractivity (Wildman–Crippen MR) is 147 cm³/mol. The molecule has 0 saturated carbocycles. The number of nitrogens with one attached hydrogen (secondary N) is 2. The normalized spacial score (nSPS) is 13.9. The van der Waals surface area contributed by atoms with Crippen LogP contribution < -0.4 is 10.6 Å². The van der Waals surface area contributed by atoms with Gasteiger partial charge in [0.25, 0.3) is 5.91 Å². The van der Waals surface area contributed by atoms with Gasteiger partial charge in [0.2, 0.25) is 0 Å². The van der Waals surface area contributed by atoms with Gasteiger partial charge in [0.15, 0.2) is 0 Å². The maximum atomic E-state index is 13.0. The Balaban J connectivity index is 1.29. The summed E-state index contributed by atoms with van der Waals surface area (Å²) in [5.74, 6) is -1.29. The van der Waals surface area contributed by atoms with Gasteiger partial charge in [-0.05, 0) is 48.6 Å². The zero-order valence-corrected chi connectivity index (χ0v) is 21.3. The molecule has 2 heterocycles. The fourth-order valence-electron chi connectivity index (χ4n) is 4.59. The molecule has 0 unspecified atom stereocenters. The number of carboxylic acid groups (broad SMARTS) is 1. The van der Waals surface area contributed by atoms with Gasteiger partial charge < -0.3 is 20.6 Å². The zero-order valence-electron chi connectivity index (χ0n) is 19.7. The quantitative estimate of drug-likeness (QED) is 0.259. The van der Waals surface area contributed by atoms with Gasteiger partial charge in [-0.1, -0.05) is 60.1 Å². The molecule has 0 radical (unpaired) electrons. The van der Waals surface area contributed by atoms with Gasteiger partial charge in [-0.25, -0.2) is 9.59 Å². The lowest BCUT2D eigenvalue weighted by molar-refractivity contribution is 0.0698. The average molecular weight is 534 g/mol. The van der Waals surface area contributed by atoms with E-state index in [4.69, 9.17) is 11.6 Å². The summed E-state index contributed by atoms with van der Waals surface area (Å²) >= 11 is 7.66. The minimum absolute atomic E-state index is 0.0756. The third kappa shape index (κ3) is 5.30. The second-order valence-electron chi connectivity index (χ2n) is 8.86. The number of hydrogen-bond donors (Lipinski definition) is 3. The van der Waals surface area contributed by atoms with E-state index in [2.05, 4.69) is 22.8 Å². The largest absolute Gasteiger partial charge is 0.478 e. The van der Waals surface area contributed by atoms with Crippen molar-refractivity contribution in [2.24, 2.45) is 0 Å². The van der Waals surface area contributed by atoms with Crippen LogP contribution in [0.2, 0.25) is 5.02 Å². The molecule has 4 aromatic rings. The predicted octanol–water partition coefficient (Wildman–Crippen LogP) is 6.92. The molecule has 0 atom stereocenters. The van der Waals surface area contributed by atoms with Crippen LogP contribution in [0.4, 0.5) is 16.2 Å². The van der Waals surface area contributed by atoms with Crippen molar-refractivity contribution in [3.8, 4) is 0 Å². The minimum atomic E-state index is -1.20. The number of carbonyl (C=O) groups excluding carboxylic acids is 2. The first-order valence-corrected chi connectivity index (χ1v) is 13.1. The van der Waals surface area contributed by atoms with E-state index in [0.717, 1.165) is 22.9 Å². The van der Waals surface area contributed by atoms with E-state index >= 15 is 0 Å². The molecule has 0 spiro atoms. The van der Waals surface area contributed by atoms with Crippen LogP contribution >= 0.6 is 22.9 Å². The Morgan fingerprint density at radius 2 is 1.62 bits per heavy atom. The summed E-state index contributed by atoms with van der Waals surface area (Å²) in [6.45, 7) is 1.24. The van der Waals surface area contributed by atoms with Crippen LogP contribution in [0.25, 0.3) is 10.1 Å². The number of aromatic carboxylic acids is 1. The number of hydrogen-bond acceptors (Lipinski definition) is 4. The number of halogens is 1. The molecule has 1 aliphatic heterocycles. The standard InChI is InChI=1S/C28H24ClN3O4S/c29-24-21-8-4-5-9-23(21)37-25(24)26(33)31-22-16-19(10-11-20(22)27(34)35)30-28(36)32-14-12-18(13-15-32)17-6-2-1-3-7-17/h1-11,16,18H,12-15H2,(H,30,36)(H,31,33)(H,34,35). The Kier molecular flexibility index (Phi) is 7.12. The molecule has 3 N–H and O–H groups in total. The monoisotopic (exact) mass is 533 g/mol. The van der Waals surface area contributed by atoms with E-state index in [0.29, 0.717) is 29.7 Å². The van der Waals surface area contributed by atoms with Crippen molar-refractivity contribution in [1.29, 1.82) is 0 Å². The summed E-state index contributed by atoms with van der Waals surface area (Å²) in [7, 11) is 0. The molecule has 0 aliphatic carbocycles. The smallest absolute Gasteiger partial charge is 0.337 e. The van der Waals surface area contributed by atoms with Crippen LogP contribution in [0, 0.1) is 0 Å². The van der Waals surface area contributed by atoms with E-state index in [-0.39, 0.29) is 22.2 Å². The number of anilines is 2. The molecule has 188 valence electrons. The highest BCUT2D eigenvalue weighted by Gasteiger charge is 2.25. The molecule has 1 aliphatic rings. The van der Waals surface area contributed by atoms with Crippen molar-refractivity contribution in [2.75, 3.05) is 23.7 Å². The number of piperidine rings is 1. The van der Waals surface area contributed by atoms with Crippen LogP contribution in [-0.2, 0) is 0 Å². The second kappa shape index (κ2) is 10.6. The third-order valence-electron chi connectivity index (χ3n) is 6.54. The molecule has 1 fully saturated rings. The molecule has 7 nitrogen and oxygen atoms in total. The SMILES string of the molecule is O=C(O)c1ccc(NC(=O)N2CCC(c3ccccc3)CC2)cc1NC(=O)c1sc2ccccc2c1Cl. The van der Waals surface area contributed by atoms with Gasteiger partial charge >= 0.3 is 12.0 Å². The number of carbonyl (C=O) groups is 3. The average Bonchev–Trinajstić information content (AvgIpc) is 3.26. The zero-order chi connectivity index (χ0) is 25.9. The first-order valence-electron chi connectivity index (χ1n) is 11.9. The summed E-state index contributed by atoms with van der Waals surface area (Å²) < 4.78 is 0.855. The van der Waals surface area contributed by atoms with E-state index in [1.807, 2.05) is 42.5 Å². The van der Waals surface area contributed by atoms with Crippen LogP contribution in [0.5, 0.6) is 0 Å². The second-order valence-corrected chi connectivity index (χ2v) is 10.3. The number of rotatable bonds is 5. The molecular formula is C28H24ClN3O4S. The topological polar surface area (TPSA) is 98.7 Å². The van der Waals surface area contributed by atoms with Crippen LogP contribution in [-0.4, -0.2) is 41.0 Å². The van der Waals surface area contributed by atoms with E-state index < -0.39 is 11.9 Å². The first kappa shape index (κ1) is 24.8. The lowest BCUT2D eigenvalue weighted by atomic mass is 9.90. The van der Waals surface area contributed by atoms with E-state index in [1.165, 1.54) is 35.1 Å². The summed E-state index contributed by atoms with van der Waals surface area (Å²) in [4.78, 5) is 39.8. The van der Waals surface area contributed by atoms with Crippen molar-refractivity contribution in [2.45, 2.75) is 18.8 Å². The summed E-state index contributed by atoms with van der Waals surface area (Å²) in [6, 6.07) is 21.7. The van der Waals surface area contributed by atoms with Gasteiger partial charge in [-0.15, -0.1) is 11.3 Å². The number of likely N-dealkylation sites (tertiary alicyclic amines) is 1. The Hall–Kier alpha value is -3.88. The Bertz CT molecular complexity index is 1480. The summed E-state index contributed by atoms with van der Waals surface area (Å²) in [6.07, 6.45) is 1.74. The molecule has 9 heteroatoms. The fraction of sp³-hybridized carbons (Fsp3) is 0.179. The van der Waals surface area contributed by atoms with Gasteiger partial charge in [0.1, 0.15) is 4.88 Å². The molecule has 3 aromatic carbocycles. The highest BCUT2D eigenvalue weighted by Crippen LogP contribution is 2.36.